The van der Waals surface area contributed by atoms with Crippen molar-refractivity contribution >= 4 is 16.5 Å². The summed E-state index contributed by atoms with van der Waals surface area (Å²) in [4.78, 5) is 2.49. The van der Waals surface area contributed by atoms with Crippen LogP contribution in [0.4, 0.5) is 0 Å². The molecule has 0 aliphatic carbocycles. The highest BCUT2D eigenvalue weighted by Gasteiger charge is 2.15. The van der Waals surface area contributed by atoms with Crippen LogP contribution in [0.3, 0.4) is 0 Å². The van der Waals surface area contributed by atoms with Gasteiger partial charge < -0.3 is 0 Å². The SMILES string of the molecule is C[C](C)CN1CC=C(c2ccc(-n3cc(-c4n[nH]c5ccccc45)nn3)cc2)CC1. The van der Waals surface area contributed by atoms with Crippen molar-refractivity contribution < 1.29 is 0 Å². The van der Waals surface area contributed by atoms with Gasteiger partial charge in [-0.15, -0.1) is 5.10 Å². The second kappa shape index (κ2) is 7.88. The molecule has 0 unspecified atom stereocenters. The molecular weight excluding hydrogens is 372 g/mol. The highest BCUT2D eigenvalue weighted by atomic mass is 15.4. The molecule has 1 aliphatic rings. The highest BCUT2D eigenvalue weighted by Crippen LogP contribution is 2.26. The largest absolute Gasteiger partial charge is 0.299 e. The molecule has 6 nitrogen and oxygen atoms in total. The standard InChI is InChI=1S/C24H25N6/c1-17(2)15-29-13-11-19(12-14-29)18-7-9-20(10-8-18)30-16-23(26-28-30)24-21-5-3-4-6-22(21)25-27-24/h3-11,16H,12-15H2,1-2H3,(H,25,27). The van der Waals surface area contributed by atoms with Gasteiger partial charge in [0.25, 0.3) is 0 Å². The third-order valence-corrected chi connectivity index (χ3v) is 5.54. The maximum absolute atomic E-state index is 4.42. The van der Waals surface area contributed by atoms with Crippen molar-refractivity contribution in [3.05, 3.63) is 72.3 Å². The summed E-state index contributed by atoms with van der Waals surface area (Å²) in [6, 6.07) is 16.6. The van der Waals surface area contributed by atoms with E-state index >= 15 is 0 Å². The molecule has 151 valence electrons. The van der Waals surface area contributed by atoms with Crippen molar-refractivity contribution in [2.24, 2.45) is 0 Å². The van der Waals surface area contributed by atoms with Crippen molar-refractivity contribution in [2.75, 3.05) is 19.6 Å². The van der Waals surface area contributed by atoms with Crippen LogP contribution in [0.25, 0.3) is 33.6 Å². The number of hydrogen-bond donors (Lipinski definition) is 1. The van der Waals surface area contributed by atoms with Gasteiger partial charge in [-0.3, -0.25) is 10.00 Å². The molecule has 0 amide bonds. The smallest absolute Gasteiger partial charge is 0.134 e. The fraction of sp³-hybridized carbons (Fsp3) is 0.250. The zero-order chi connectivity index (χ0) is 20.5. The van der Waals surface area contributed by atoms with E-state index in [-0.39, 0.29) is 0 Å². The number of aromatic nitrogens is 5. The maximum atomic E-state index is 4.42. The van der Waals surface area contributed by atoms with Crippen LogP contribution in [0.5, 0.6) is 0 Å². The average Bonchev–Trinajstić information content (AvgIpc) is 3.41. The van der Waals surface area contributed by atoms with E-state index in [1.807, 2.05) is 30.5 Å². The first kappa shape index (κ1) is 18.8. The third kappa shape index (κ3) is 3.66. The van der Waals surface area contributed by atoms with Crippen molar-refractivity contribution in [2.45, 2.75) is 20.3 Å². The summed E-state index contributed by atoms with van der Waals surface area (Å²) in [7, 11) is 0. The first-order valence-corrected chi connectivity index (χ1v) is 10.3. The van der Waals surface area contributed by atoms with Crippen molar-refractivity contribution in [1.82, 2.24) is 30.1 Å². The Kier molecular flexibility index (Phi) is 4.93. The summed E-state index contributed by atoms with van der Waals surface area (Å²) in [5.74, 6) is 1.46. The van der Waals surface area contributed by atoms with Gasteiger partial charge in [0.1, 0.15) is 11.4 Å². The molecule has 2 aromatic heterocycles. The highest BCUT2D eigenvalue weighted by molar-refractivity contribution is 5.91. The summed E-state index contributed by atoms with van der Waals surface area (Å²) in [6.45, 7) is 7.61. The van der Waals surface area contributed by atoms with Crippen LogP contribution in [0, 0.1) is 5.92 Å². The Morgan fingerprint density at radius 1 is 1.07 bits per heavy atom. The van der Waals surface area contributed by atoms with Gasteiger partial charge in [0.15, 0.2) is 0 Å². The molecule has 30 heavy (non-hydrogen) atoms. The predicted molar refractivity (Wildman–Crippen MR) is 120 cm³/mol. The number of aromatic amines is 1. The van der Waals surface area contributed by atoms with Gasteiger partial charge in [0.05, 0.1) is 17.4 Å². The number of fused-ring (bicyclic) bond motifs is 1. The first-order chi connectivity index (χ1) is 14.7. The Bertz CT molecular complexity index is 1180. The van der Waals surface area contributed by atoms with E-state index in [9.17, 15) is 0 Å². The maximum Gasteiger partial charge on any atom is 0.134 e. The number of nitrogens with one attached hydrogen (secondary N) is 1. The van der Waals surface area contributed by atoms with Crippen LogP contribution in [0.2, 0.25) is 0 Å². The molecule has 0 saturated heterocycles. The Labute approximate surface area is 176 Å². The fourth-order valence-corrected chi connectivity index (χ4v) is 4.05. The number of para-hydroxylation sites is 1. The topological polar surface area (TPSA) is 62.6 Å². The number of nitrogens with zero attached hydrogens (tertiary/aromatic N) is 5. The second-order valence-electron chi connectivity index (χ2n) is 8.13. The summed E-state index contributed by atoms with van der Waals surface area (Å²) in [5, 5.41) is 17.2. The lowest BCUT2D eigenvalue weighted by molar-refractivity contribution is 0.313. The van der Waals surface area contributed by atoms with Gasteiger partial charge in [-0.2, -0.15) is 5.10 Å². The zero-order valence-electron chi connectivity index (χ0n) is 17.3. The Morgan fingerprint density at radius 3 is 2.67 bits per heavy atom. The predicted octanol–water partition coefficient (Wildman–Crippen LogP) is 4.51. The molecule has 1 N–H and O–H groups in total. The Hall–Kier alpha value is -3.25. The Balaban J connectivity index is 1.34. The van der Waals surface area contributed by atoms with E-state index in [1.165, 1.54) is 17.1 Å². The van der Waals surface area contributed by atoms with Gasteiger partial charge in [0.2, 0.25) is 0 Å². The molecule has 5 rings (SSSR count). The van der Waals surface area contributed by atoms with Crippen molar-refractivity contribution in [3.8, 4) is 17.1 Å². The first-order valence-electron chi connectivity index (χ1n) is 10.3. The Morgan fingerprint density at radius 2 is 1.90 bits per heavy atom. The number of H-pyrrole nitrogens is 1. The average molecular weight is 398 g/mol. The van der Waals surface area contributed by atoms with Gasteiger partial charge in [-0.1, -0.05) is 55.5 Å². The van der Waals surface area contributed by atoms with E-state index in [4.69, 9.17) is 0 Å². The minimum absolute atomic E-state index is 0.759. The van der Waals surface area contributed by atoms with Crippen LogP contribution in [0.15, 0.2) is 60.8 Å². The second-order valence-corrected chi connectivity index (χ2v) is 8.13. The van der Waals surface area contributed by atoms with E-state index in [1.54, 1.807) is 4.68 Å². The van der Waals surface area contributed by atoms with E-state index in [0.717, 1.165) is 54.0 Å². The lowest BCUT2D eigenvalue weighted by atomic mass is 9.99. The summed E-state index contributed by atoms with van der Waals surface area (Å²) < 4.78 is 1.80. The number of benzene rings is 2. The van der Waals surface area contributed by atoms with Gasteiger partial charge in [0, 0.05) is 25.0 Å². The van der Waals surface area contributed by atoms with Crippen LogP contribution in [0.1, 0.15) is 25.8 Å². The quantitative estimate of drug-likeness (QED) is 0.538. The van der Waals surface area contributed by atoms with Gasteiger partial charge >= 0.3 is 0 Å². The molecule has 0 saturated carbocycles. The molecule has 1 aliphatic heterocycles. The van der Waals surface area contributed by atoms with Crippen LogP contribution < -0.4 is 0 Å². The molecular formula is C24H25N6. The molecule has 2 aromatic carbocycles. The lowest BCUT2D eigenvalue weighted by Crippen LogP contribution is -2.31. The zero-order valence-corrected chi connectivity index (χ0v) is 17.3. The van der Waals surface area contributed by atoms with Crippen molar-refractivity contribution in [3.63, 3.8) is 0 Å². The summed E-state index contributed by atoms with van der Waals surface area (Å²) >= 11 is 0. The molecule has 0 spiro atoms. The van der Waals surface area contributed by atoms with Crippen LogP contribution in [-0.4, -0.2) is 49.7 Å². The lowest BCUT2D eigenvalue weighted by Gasteiger charge is -2.27. The molecule has 0 atom stereocenters. The minimum atomic E-state index is 0.759. The van der Waals surface area contributed by atoms with E-state index in [0.29, 0.717) is 0 Å². The molecule has 4 aromatic rings. The molecule has 0 fully saturated rings. The molecule has 1 radical (unpaired) electrons. The minimum Gasteiger partial charge on any atom is -0.299 e. The van der Waals surface area contributed by atoms with Crippen molar-refractivity contribution in [1.29, 1.82) is 0 Å². The third-order valence-electron chi connectivity index (χ3n) is 5.54. The number of rotatable bonds is 5. The molecule has 3 heterocycles. The number of hydrogen-bond acceptors (Lipinski definition) is 4. The summed E-state index contributed by atoms with van der Waals surface area (Å²) in [6.07, 6.45) is 5.38. The van der Waals surface area contributed by atoms with E-state index in [2.05, 4.69) is 69.6 Å². The monoisotopic (exact) mass is 397 g/mol. The van der Waals surface area contributed by atoms with Crippen LogP contribution >= 0.6 is 0 Å². The molecule has 6 heteroatoms. The normalized spacial score (nSPS) is 15.1. The van der Waals surface area contributed by atoms with Crippen LogP contribution in [-0.2, 0) is 0 Å². The molecule has 0 bridgehead atoms. The van der Waals surface area contributed by atoms with Gasteiger partial charge in [-0.05, 0) is 41.7 Å². The summed E-state index contributed by atoms with van der Waals surface area (Å²) in [5.41, 5.74) is 6.28. The van der Waals surface area contributed by atoms with Gasteiger partial charge in [-0.25, -0.2) is 4.68 Å². The van der Waals surface area contributed by atoms with E-state index < -0.39 is 0 Å². The fourth-order valence-electron chi connectivity index (χ4n) is 4.05.